The fourth-order valence-electron chi connectivity index (χ4n) is 4.02. The Hall–Kier alpha value is -3.29. The van der Waals surface area contributed by atoms with Gasteiger partial charge < -0.3 is 9.84 Å². The molecule has 0 aromatic heterocycles. The van der Waals surface area contributed by atoms with E-state index in [1.807, 2.05) is 20.8 Å². The van der Waals surface area contributed by atoms with Crippen molar-refractivity contribution < 1.29 is 27.4 Å². The zero-order valence-electron chi connectivity index (χ0n) is 20.1. The van der Waals surface area contributed by atoms with Gasteiger partial charge in [-0.1, -0.05) is 6.92 Å². The second-order valence-electron chi connectivity index (χ2n) is 9.11. The summed E-state index contributed by atoms with van der Waals surface area (Å²) in [6.45, 7) is 13.0. The van der Waals surface area contributed by atoms with Crippen molar-refractivity contribution >= 4 is 27.4 Å². The predicted octanol–water partition coefficient (Wildman–Crippen LogP) is 4.57. The number of carboxylic acids is 1. The van der Waals surface area contributed by atoms with E-state index >= 15 is 0 Å². The molecule has 0 bridgehead atoms. The number of rotatable bonds is 8. The van der Waals surface area contributed by atoms with E-state index in [2.05, 4.69) is 4.85 Å². The Kier molecular flexibility index (Phi) is 7.62. The Bertz CT molecular complexity index is 1290. The van der Waals surface area contributed by atoms with Gasteiger partial charge in [-0.15, -0.1) is 0 Å². The monoisotopic (exact) mass is 502 g/mol. The lowest BCUT2D eigenvalue weighted by atomic mass is 9.90. The molecule has 2 atom stereocenters. The summed E-state index contributed by atoms with van der Waals surface area (Å²) in [5, 5.41) is 9.46. The van der Waals surface area contributed by atoms with Crippen LogP contribution in [0.4, 0.5) is 10.1 Å². The first kappa shape index (κ1) is 26.3. The first-order chi connectivity index (χ1) is 16.4. The van der Waals surface area contributed by atoms with Crippen molar-refractivity contribution in [3.8, 4) is 12.3 Å². The Morgan fingerprint density at radius 2 is 1.97 bits per heavy atom. The van der Waals surface area contributed by atoms with Crippen LogP contribution >= 0.6 is 0 Å². The predicted molar refractivity (Wildman–Crippen MR) is 132 cm³/mol. The van der Waals surface area contributed by atoms with Gasteiger partial charge in [0.05, 0.1) is 40.3 Å². The van der Waals surface area contributed by atoms with Crippen LogP contribution in [0.5, 0.6) is 5.75 Å². The average Bonchev–Trinajstić information content (AvgIpc) is 3.07. The summed E-state index contributed by atoms with van der Waals surface area (Å²) < 4.78 is 47.3. The second-order valence-corrected chi connectivity index (χ2v) is 11.1. The molecule has 35 heavy (non-hydrogen) atoms. The second kappa shape index (κ2) is 10.1. The molecule has 1 aliphatic rings. The molecule has 8 nitrogen and oxygen atoms in total. The molecule has 186 valence electrons. The molecule has 10 heteroatoms. The van der Waals surface area contributed by atoms with Gasteiger partial charge in [0, 0.05) is 13.1 Å². The maximum absolute atomic E-state index is 13.7. The lowest BCUT2D eigenvalue weighted by Crippen LogP contribution is -2.35. The summed E-state index contributed by atoms with van der Waals surface area (Å²) in [6.07, 6.45) is -0.496. The van der Waals surface area contributed by atoms with Crippen molar-refractivity contribution in [2.45, 2.75) is 50.7 Å². The van der Waals surface area contributed by atoms with Crippen molar-refractivity contribution in [3.63, 3.8) is 0 Å². The van der Waals surface area contributed by atoms with E-state index in [4.69, 9.17) is 16.3 Å². The van der Waals surface area contributed by atoms with Gasteiger partial charge in [-0.2, -0.15) is 4.31 Å². The van der Waals surface area contributed by atoms with Crippen molar-refractivity contribution in [1.82, 2.24) is 4.31 Å². The standard InChI is InChI=1S/C25H28FN3O5S/c1-16(2)34-19-7-9-20(10-8-19)35(32,33)29-14-17(3)25(4,15-29)28-23(13-24(30)31)21-11-6-18(26)12-22(21)27-5/h5-12,16-17H,13-15H2,1-4H3/p+1/t17-,25+/m0/s1. The minimum absolute atomic E-state index is 0.0378. The number of carboxylic acid groups (broad SMARTS) is 1. The lowest BCUT2D eigenvalue weighted by Gasteiger charge is -2.25. The van der Waals surface area contributed by atoms with Crippen LogP contribution in [0.1, 0.15) is 39.7 Å². The highest BCUT2D eigenvalue weighted by Gasteiger charge is 2.45. The number of nitrogens with zero attached hydrogens (tertiary/aromatic N) is 3. The molecule has 1 saturated heterocycles. The smallest absolute Gasteiger partial charge is 0.351 e. The molecular weight excluding hydrogens is 473 g/mol. The van der Waals surface area contributed by atoms with Gasteiger partial charge in [-0.3, -0.25) is 9.79 Å². The molecule has 1 heterocycles. The SMILES string of the molecule is C#[N+]c1cc(F)ccc1C(CC(=O)O)=N[C@]1(C)CN(S(=O)(=O)c2ccc(OC(C)C)cc2)C[C@@H]1C. The van der Waals surface area contributed by atoms with Gasteiger partial charge in [0.15, 0.2) is 0 Å². The molecular formula is C25H29FN3O5S+. The van der Waals surface area contributed by atoms with Crippen LogP contribution in [0.15, 0.2) is 52.4 Å². The number of halogens is 1. The highest BCUT2D eigenvalue weighted by atomic mass is 32.2. The molecule has 0 amide bonds. The highest BCUT2D eigenvalue weighted by molar-refractivity contribution is 7.89. The van der Waals surface area contributed by atoms with E-state index in [9.17, 15) is 22.7 Å². The Morgan fingerprint density at radius 1 is 1.31 bits per heavy atom. The number of sulfonamides is 1. The molecule has 0 radical (unpaired) electrons. The number of aliphatic imine (C=N–C) groups is 1. The third kappa shape index (κ3) is 5.86. The van der Waals surface area contributed by atoms with Crippen LogP contribution in [-0.2, 0) is 14.8 Å². The van der Waals surface area contributed by atoms with Crippen molar-refractivity contribution in [1.29, 1.82) is 0 Å². The first-order valence-corrected chi connectivity index (χ1v) is 12.6. The van der Waals surface area contributed by atoms with Crippen LogP contribution in [-0.4, -0.2) is 54.2 Å². The van der Waals surface area contributed by atoms with Crippen LogP contribution in [0, 0.1) is 18.3 Å². The molecule has 0 spiro atoms. The van der Waals surface area contributed by atoms with E-state index in [0.717, 1.165) is 6.07 Å². The Labute approximate surface area is 204 Å². The van der Waals surface area contributed by atoms with Gasteiger partial charge in [-0.25, -0.2) is 12.8 Å². The first-order valence-electron chi connectivity index (χ1n) is 11.1. The minimum Gasteiger partial charge on any atom is -0.491 e. The molecule has 1 fully saturated rings. The highest BCUT2D eigenvalue weighted by Crippen LogP contribution is 2.36. The van der Waals surface area contributed by atoms with Crippen molar-refractivity contribution in [2.24, 2.45) is 10.9 Å². The van der Waals surface area contributed by atoms with Gasteiger partial charge >= 0.3 is 11.7 Å². The van der Waals surface area contributed by atoms with Crippen molar-refractivity contribution in [3.05, 3.63) is 58.7 Å². The summed E-state index contributed by atoms with van der Waals surface area (Å²) in [6, 6.07) is 9.87. The van der Waals surface area contributed by atoms with E-state index in [1.165, 1.54) is 28.6 Å². The normalized spacial score (nSPS) is 21.2. The Balaban J connectivity index is 1.95. The van der Waals surface area contributed by atoms with Crippen molar-refractivity contribution in [2.75, 3.05) is 13.1 Å². The molecule has 2 aromatic rings. The molecule has 3 rings (SSSR count). The third-order valence-electron chi connectivity index (χ3n) is 5.99. The van der Waals surface area contributed by atoms with Crippen LogP contribution in [0.2, 0.25) is 0 Å². The topological polar surface area (TPSA) is 101 Å². The van der Waals surface area contributed by atoms with Crippen LogP contribution in [0.25, 0.3) is 4.85 Å². The maximum atomic E-state index is 13.7. The fourth-order valence-corrected chi connectivity index (χ4v) is 5.65. The number of benzene rings is 2. The molecule has 0 unspecified atom stereocenters. The third-order valence-corrected chi connectivity index (χ3v) is 7.81. The minimum atomic E-state index is -3.83. The van der Waals surface area contributed by atoms with Crippen LogP contribution in [0.3, 0.4) is 0 Å². The number of hydrogen-bond acceptors (Lipinski definition) is 5. The van der Waals surface area contributed by atoms with E-state index in [1.54, 1.807) is 19.1 Å². The van der Waals surface area contributed by atoms with Gasteiger partial charge in [-0.05, 0) is 67.9 Å². The van der Waals surface area contributed by atoms with Gasteiger partial charge in [0.1, 0.15) is 11.6 Å². The molecule has 0 aliphatic carbocycles. The number of hydrogen-bond donors (Lipinski definition) is 1. The molecule has 2 aromatic carbocycles. The molecule has 1 N–H and O–H groups in total. The quantitative estimate of drug-likeness (QED) is 0.533. The van der Waals surface area contributed by atoms with Gasteiger partial charge in [0.25, 0.3) is 6.57 Å². The summed E-state index contributed by atoms with van der Waals surface area (Å²) in [4.78, 5) is 20.0. The summed E-state index contributed by atoms with van der Waals surface area (Å²) >= 11 is 0. The number of aliphatic carboxylic acids is 1. The van der Waals surface area contributed by atoms with E-state index in [-0.39, 0.29) is 47.0 Å². The number of carbonyl (C=O) groups is 1. The summed E-state index contributed by atoms with van der Waals surface area (Å²) in [7, 11) is -3.83. The van der Waals surface area contributed by atoms with E-state index in [0.29, 0.717) is 5.75 Å². The lowest BCUT2D eigenvalue weighted by molar-refractivity contribution is -0.135. The maximum Gasteiger partial charge on any atom is 0.351 e. The largest absolute Gasteiger partial charge is 0.491 e. The summed E-state index contributed by atoms with van der Waals surface area (Å²) in [5.41, 5.74) is -0.441. The average molecular weight is 503 g/mol. The molecule has 0 saturated carbocycles. The number of ether oxygens (including phenoxy) is 1. The summed E-state index contributed by atoms with van der Waals surface area (Å²) in [5.74, 6) is -1.38. The van der Waals surface area contributed by atoms with E-state index < -0.39 is 33.8 Å². The molecule has 1 aliphatic heterocycles. The zero-order chi connectivity index (χ0) is 26.0. The zero-order valence-corrected chi connectivity index (χ0v) is 20.9. The Morgan fingerprint density at radius 3 is 2.54 bits per heavy atom. The van der Waals surface area contributed by atoms with Crippen LogP contribution < -0.4 is 4.74 Å². The van der Waals surface area contributed by atoms with Gasteiger partial charge in [0.2, 0.25) is 10.0 Å². The fraction of sp³-hybridized carbons (Fsp3) is 0.400.